The van der Waals surface area contributed by atoms with Crippen molar-refractivity contribution >= 4 is 0 Å². The molecule has 94 valence electrons. The van der Waals surface area contributed by atoms with Gasteiger partial charge in [-0.3, -0.25) is 0 Å². The second kappa shape index (κ2) is 5.19. The van der Waals surface area contributed by atoms with E-state index in [-0.39, 0.29) is 0 Å². The van der Waals surface area contributed by atoms with Gasteiger partial charge in [0.15, 0.2) is 0 Å². The fourth-order valence-corrected chi connectivity index (χ4v) is 2.77. The summed E-state index contributed by atoms with van der Waals surface area (Å²) in [7, 11) is 2.05. The third kappa shape index (κ3) is 2.53. The Kier molecular flexibility index (Phi) is 3.85. The van der Waals surface area contributed by atoms with Crippen LogP contribution in [0.1, 0.15) is 36.1 Å². The van der Waals surface area contributed by atoms with Crippen LogP contribution in [0, 0.1) is 19.8 Å². The molecular weight excluding hydrogens is 210 g/mol. The van der Waals surface area contributed by atoms with Gasteiger partial charge in [0.1, 0.15) is 0 Å². The van der Waals surface area contributed by atoms with Crippen LogP contribution in [0.2, 0.25) is 0 Å². The summed E-state index contributed by atoms with van der Waals surface area (Å²) in [6.07, 6.45) is 1.51. The smallest absolute Gasteiger partial charge is 0.0594 e. The fourth-order valence-electron chi connectivity index (χ4n) is 2.77. The summed E-state index contributed by atoms with van der Waals surface area (Å²) in [6.45, 7) is 7.42. The zero-order valence-electron chi connectivity index (χ0n) is 11.3. The Morgan fingerprint density at radius 1 is 1.29 bits per heavy atom. The van der Waals surface area contributed by atoms with Crippen LogP contribution in [0.5, 0.6) is 0 Å². The van der Waals surface area contributed by atoms with E-state index < -0.39 is 0 Å². The zero-order chi connectivity index (χ0) is 12.4. The summed E-state index contributed by atoms with van der Waals surface area (Å²) in [5.74, 6) is 0.585. The van der Waals surface area contributed by atoms with Gasteiger partial charge in [0.25, 0.3) is 0 Å². The molecule has 2 rings (SSSR count). The Morgan fingerprint density at radius 2 is 2.06 bits per heavy atom. The fraction of sp³-hybridized carbons (Fsp3) is 0.600. The van der Waals surface area contributed by atoms with Gasteiger partial charge in [0, 0.05) is 18.6 Å². The van der Waals surface area contributed by atoms with Crippen molar-refractivity contribution in [2.45, 2.75) is 39.3 Å². The molecule has 0 saturated carbocycles. The number of nitrogens with one attached hydrogen (secondary N) is 1. The van der Waals surface area contributed by atoms with Gasteiger partial charge in [-0.05, 0) is 50.9 Å². The molecule has 0 amide bonds. The summed E-state index contributed by atoms with van der Waals surface area (Å²) in [5, 5.41) is 3.46. The van der Waals surface area contributed by atoms with E-state index in [2.05, 4.69) is 44.3 Å². The van der Waals surface area contributed by atoms with Gasteiger partial charge in [-0.15, -0.1) is 0 Å². The first-order valence-electron chi connectivity index (χ1n) is 6.49. The first-order valence-corrected chi connectivity index (χ1v) is 6.49. The Morgan fingerprint density at radius 3 is 2.59 bits per heavy atom. The van der Waals surface area contributed by atoms with Crippen molar-refractivity contribution < 1.29 is 4.74 Å². The van der Waals surface area contributed by atoms with Crippen molar-refractivity contribution in [3.63, 3.8) is 0 Å². The highest BCUT2D eigenvalue weighted by Gasteiger charge is 2.31. The molecule has 3 atom stereocenters. The van der Waals surface area contributed by atoms with Crippen LogP contribution in [-0.2, 0) is 4.74 Å². The normalized spacial score (nSPS) is 26.1. The van der Waals surface area contributed by atoms with E-state index in [1.165, 1.54) is 16.7 Å². The van der Waals surface area contributed by atoms with Crippen molar-refractivity contribution in [1.82, 2.24) is 5.32 Å². The van der Waals surface area contributed by atoms with Gasteiger partial charge >= 0.3 is 0 Å². The van der Waals surface area contributed by atoms with Crippen LogP contribution in [0.4, 0.5) is 0 Å². The summed E-state index contributed by atoms with van der Waals surface area (Å²) in [4.78, 5) is 0. The molecule has 3 unspecified atom stereocenters. The monoisotopic (exact) mass is 233 g/mol. The van der Waals surface area contributed by atoms with Crippen molar-refractivity contribution in [3.8, 4) is 0 Å². The maximum atomic E-state index is 5.68. The Bertz CT molecular complexity index is 389. The number of aryl methyl sites for hydroxylation is 2. The van der Waals surface area contributed by atoms with Crippen molar-refractivity contribution in [2.75, 3.05) is 13.7 Å². The van der Waals surface area contributed by atoms with Crippen LogP contribution in [0.15, 0.2) is 18.2 Å². The second-order valence-corrected chi connectivity index (χ2v) is 5.14. The Labute approximate surface area is 104 Å². The molecule has 1 N–H and O–H groups in total. The van der Waals surface area contributed by atoms with Crippen molar-refractivity contribution in [2.24, 2.45) is 5.92 Å². The summed E-state index contributed by atoms with van der Waals surface area (Å²) < 4.78 is 5.68. The van der Waals surface area contributed by atoms with Gasteiger partial charge in [-0.25, -0.2) is 0 Å². The van der Waals surface area contributed by atoms with Gasteiger partial charge in [0.05, 0.1) is 6.10 Å². The van der Waals surface area contributed by atoms with E-state index in [0.29, 0.717) is 18.1 Å². The highest BCUT2D eigenvalue weighted by molar-refractivity contribution is 5.32. The highest BCUT2D eigenvalue weighted by atomic mass is 16.5. The number of ether oxygens (including phenoxy) is 1. The molecule has 0 spiro atoms. The van der Waals surface area contributed by atoms with E-state index in [4.69, 9.17) is 4.74 Å². The average Bonchev–Trinajstić information content (AvgIpc) is 2.71. The molecule has 0 bridgehead atoms. The first kappa shape index (κ1) is 12.6. The molecule has 1 heterocycles. The lowest BCUT2D eigenvalue weighted by molar-refractivity contribution is 0.0963. The zero-order valence-corrected chi connectivity index (χ0v) is 11.3. The van der Waals surface area contributed by atoms with E-state index in [9.17, 15) is 0 Å². The average molecular weight is 233 g/mol. The Hall–Kier alpha value is -0.860. The minimum Gasteiger partial charge on any atom is -0.378 e. The minimum atomic E-state index is 0.356. The molecule has 1 aliphatic heterocycles. The molecule has 2 heteroatoms. The number of hydrogen-bond acceptors (Lipinski definition) is 2. The van der Waals surface area contributed by atoms with E-state index in [1.807, 2.05) is 7.05 Å². The second-order valence-electron chi connectivity index (χ2n) is 5.14. The van der Waals surface area contributed by atoms with E-state index in [0.717, 1.165) is 13.0 Å². The van der Waals surface area contributed by atoms with E-state index in [1.54, 1.807) is 0 Å². The van der Waals surface area contributed by atoms with Gasteiger partial charge in [-0.2, -0.15) is 0 Å². The molecular formula is C15H23NO. The van der Waals surface area contributed by atoms with Gasteiger partial charge in [0.2, 0.25) is 0 Å². The molecule has 17 heavy (non-hydrogen) atoms. The molecule has 1 fully saturated rings. The summed E-state index contributed by atoms with van der Waals surface area (Å²) in [6, 6.07) is 7.18. The molecule has 0 radical (unpaired) electrons. The summed E-state index contributed by atoms with van der Waals surface area (Å²) in [5.41, 5.74) is 4.12. The standard InChI is InChI=1S/C15H23NO/c1-10-5-6-13(9-11(10)2)15(16-4)14-7-8-17-12(14)3/h5-6,9,12,14-16H,7-8H2,1-4H3. The van der Waals surface area contributed by atoms with Crippen molar-refractivity contribution in [3.05, 3.63) is 34.9 Å². The lowest BCUT2D eigenvalue weighted by atomic mass is 9.87. The predicted octanol–water partition coefficient (Wildman–Crippen LogP) is 2.99. The van der Waals surface area contributed by atoms with Crippen molar-refractivity contribution in [1.29, 1.82) is 0 Å². The summed E-state index contributed by atoms with van der Waals surface area (Å²) >= 11 is 0. The first-order chi connectivity index (χ1) is 8.13. The lowest BCUT2D eigenvalue weighted by Gasteiger charge is -2.26. The van der Waals surface area contributed by atoms with Crippen LogP contribution in [-0.4, -0.2) is 19.8 Å². The Balaban J connectivity index is 2.25. The molecule has 1 saturated heterocycles. The molecule has 0 aromatic heterocycles. The third-order valence-corrected chi connectivity index (χ3v) is 4.06. The van der Waals surface area contributed by atoms with Crippen LogP contribution in [0.3, 0.4) is 0 Å². The number of benzene rings is 1. The minimum absolute atomic E-state index is 0.356. The van der Waals surface area contributed by atoms with Crippen LogP contribution >= 0.6 is 0 Å². The van der Waals surface area contributed by atoms with Gasteiger partial charge in [-0.1, -0.05) is 18.2 Å². The van der Waals surface area contributed by atoms with Crippen LogP contribution < -0.4 is 5.32 Å². The molecule has 1 aromatic carbocycles. The van der Waals surface area contributed by atoms with Gasteiger partial charge < -0.3 is 10.1 Å². The quantitative estimate of drug-likeness (QED) is 0.866. The largest absolute Gasteiger partial charge is 0.378 e. The maximum absolute atomic E-state index is 5.68. The van der Waals surface area contributed by atoms with E-state index >= 15 is 0 Å². The molecule has 0 aliphatic carbocycles. The topological polar surface area (TPSA) is 21.3 Å². The number of hydrogen-bond donors (Lipinski definition) is 1. The molecule has 1 aromatic rings. The third-order valence-electron chi connectivity index (χ3n) is 4.06. The maximum Gasteiger partial charge on any atom is 0.0594 e. The highest BCUT2D eigenvalue weighted by Crippen LogP contribution is 2.33. The lowest BCUT2D eigenvalue weighted by Crippen LogP contribution is -2.29. The molecule has 2 nitrogen and oxygen atoms in total. The van der Waals surface area contributed by atoms with Crippen LogP contribution in [0.25, 0.3) is 0 Å². The number of rotatable bonds is 3. The SMILES string of the molecule is CNC(c1ccc(C)c(C)c1)C1CCOC1C. The molecule has 1 aliphatic rings. The predicted molar refractivity (Wildman–Crippen MR) is 71.2 cm³/mol.